The highest BCUT2D eigenvalue weighted by Gasteiger charge is 1.91. The van der Waals surface area contributed by atoms with Crippen molar-refractivity contribution in [1.29, 1.82) is 0 Å². The summed E-state index contributed by atoms with van der Waals surface area (Å²) in [6.07, 6.45) is 13.2. The molecule has 0 saturated carbocycles. The van der Waals surface area contributed by atoms with Crippen LogP contribution in [0.25, 0.3) is 0 Å². The van der Waals surface area contributed by atoms with Crippen molar-refractivity contribution in [2.24, 2.45) is 0 Å². The highest BCUT2D eigenvalue weighted by molar-refractivity contribution is 14.1. The number of allylic oxidation sites excluding steroid dienone is 1. The first-order valence-corrected chi connectivity index (χ1v) is 13.4. The van der Waals surface area contributed by atoms with Crippen molar-refractivity contribution in [1.82, 2.24) is 0 Å². The molecule has 0 rings (SSSR count). The Morgan fingerprint density at radius 1 is 0.944 bits per heavy atom. The number of rotatable bonds is 14. The largest absolute Gasteiger partial charge is 0.464 e. The molecule has 0 aromatic carbocycles. The van der Waals surface area contributed by atoms with Crippen LogP contribution in [-0.2, 0) is 9.47 Å². The lowest BCUT2D eigenvalue weighted by atomic mass is 10.2. The summed E-state index contributed by atoms with van der Waals surface area (Å²) in [7, 11) is 0. The summed E-state index contributed by atoms with van der Waals surface area (Å²) in [6.45, 7) is 4.33. The Bertz CT molecular complexity index is 177. The van der Waals surface area contributed by atoms with E-state index in [1.54, 1.807) is 0 Å². The predicted molar refractivity (Wildman–Crippen MR) is 88.5 cm³/mol. The van der Waals surface area contributed by atoms with Crippen molar-refractivity contribution in [3.63, 3.8) is 0 Å². The van der Waals surface area contributed by atoms with E-state index >= 15 is 0 Å². The van der Waals surface area contributed by atoms with Gasteiger partial charge in [0.2, 0.25) is 0 Å². The van der Waals surface area contributed by atoms with Crippen LogP contribution in [0, 0.1) is 0 Å². The Kier molecular flexibility index (Phi) is 19.3. The summed E-state index contributed by atoms with van der Waals surface area (Å²) in [5, 5.41) is 0. The number of halogens is 1. The zero-order valence-electron chi connectivity index (χ0n) is 11.8. The Morgan fingerprint density at radius 3 is 2.44 bits per heavy atom. The first-order chi connectivity index (χ1) is 8.91. The Hall–Kier alpha value is 1.16. The second-order valence-corrected chi connectivity index (χ2v) is 8.76. The average Bonchev–Trinajstić information content (AvgIpc) is 2.39. The van der Waals surface area contributed by atoms with Gasteiger partial charge >= 0.3 is 16.5 Å². The number of unbranched alkanes of at least 4 members (excludes halogenated alkanes) is 4. The molecule has 104 valence electrons. The van der Waals surface area contributed by atoms with Crippen molar-refractivity contribution in [2.75, 3.05) is 20.0 Å². The molecule has 0 aromatic rings. The molecule has 0 aliphatic rings. The van der Waals surface area contributed by atoms with Gasteiger partial charge in [0.05, 0.1) is 6.61 Å². The number of hydrogen-bond donors (Lipinski definition) is 0. The minimum Gasteiger partial charge on any atom is -0.355 e. The molecule has 0 radical (unpaired) electrons. The van der Waals surface area contributed by atoms with Gasteiger partial charge in [-0.15, -0.1) is 4.55 Å². The Morgan fingerprint density at radius 2 is 1.67 bits per heavy atom. The molecule has 0 saturated heterocycles. The van der Waals surface area contributed by atoms with Gasteiger partial charge in [-0.2, -0.15) is 0 Å². The van der Waals surface area contributed by atoms with Crippen LogP contribution in [0.1, 0.15) is 51.9 Å². The van der Waals surface area contributed by atoms with E-state index in [2.05, 4.69) is 37.9 Å². The SMILES string of the molecule is CCCCCCCOCOCC/C=C/C[CH2][Mg][I]. The van der Waals surface area contributed by atoms with Crippen LogP contribution >= 0.6 is 18.9 Å². The molecule has 0 fully saturated rings. The zero-order chi connectivity index (χ0) is 13.3. The quantitative estimate of drug-likeness (QED) is 0.143. The Balaban J connectivity index is 2.96. The third-order valence-corrected chi connectivity index (χ3v) is 5.62. The molecule has 0 aliphatic heterocycles. The summed E-state index contributed by atoms with van der Waals surface area (Å²) >= 11 is 2.77. The molecular weight excluding hydrogens is 351 g/mol. The van der Waals surface area contributed by atoms with Crippen LogP contribution in [0.4, 0.5) is 0 Å². The maximum Gasteiger partial charge on any atom is 0.464 e. The van der Waals surface area contributed by atoms with Gasteiger partial charge in [-0.05, 0) is 12.8 Å². The van der Waals surface area contributed by atoms with E-state index in [1.807, 2.05) is 0 Å². The molecule has 2 nitrogen and oxygen atoms in total. The maximum absolute atomic E-state index is 5.42. The van der Waals surface area contributed by atoms with E-state index in [1.165, 1.54) is 43.1 Å². The molecule has 0 atom stereocenters. The average molecular weight is 379 g/mol. The van der Waals surface area contributed by atoms with E-state index in [0.29, 0.717) is 6.79 Å². The van der Waals surface area contributed by atoms with Gasteiger partial charge in [0.25, 0.3) is 0 Å². The van der Waals surface area contributed by atoms with Crippen LogP contribution in [0.3, 0.4) is 0 Å². The fraction of sp³-hybridized carbons (Fsp3) is 0.857. The van der Waals surface area contributed by atoms with E-state index in [4.69, 9.17) is 9.47 Å². The van der Waals surface area contributed by atoms with Crippen LogP contribution < -0.4 is 0 Å². The first-order valence-electron chi connectivity index (χ1n) is 7.28. The number of hydrogen-bond acceptors (Lipinski definition) is 2. The zero-order valence-corrected chi connectivity index (χ0v) is 15.4. The van der Waals surface area contributed by atoms with Gasteiger partial charge in [-0.25, -0.2) is 0 Å². The summed E-state index contributed by atoms with van der Waals surface area (Å²) in [5.74, 6) is 0. The fourth-order valence-corrected chi connectivity index (χ4v) is 3.28. The van der Waals surface area contributed by atoms with E-state index in [9.17, 15) is 0 Å². The lowest BCUT2D eigenvalue weighted by molar-refractivity contribution is -0.0531. The van der Waals surface area contributed by atoms with Crippen LogP contribution in [-0.4, -0.2) is 36.5 Å². The molecule has 0 aliphatic carbocycles. The highest BCUT2D eigenvalue weighted by Crippen LogP contribution is 2.02. The van der Waals surface area contributed by atoms with E-state index in [0.717, 1.165) is 19.6 Å². The third-order valence-electron chi connectivity index (χ3n) is 2.66. The van der Waals surface area contributed by atoms with Gasteiger partial charge in [-0.3, -0.25) is 0 Å². The molecule has 4 heteroatoms. The van der Waals surface area contributed by atoms with Crippen molar-refractivity contribution >= 4 is 35.3 Å². The van der Waals surface area contributed by atoms with E-state index < -0.39 is 0 Å². The third kappa shape index (κ3) is 17.2. The standard InChI is InChI=1S/C14H27O2.HI.Mg/c1-3-5-7-9-11-13-16-14-15-12-10-8-6-4-2;;/h6,8H,2-5,7,9-14H2,1H3;1H;/q;;+1/p-1/b8-6+;;. The van der Waals surface area contributed by atoms with Crippen LogP contribution in [0.2, 0.25) is 4.55 Å². The van der Waals surface area contributed by atoms with Crippen molar-refractivity contribution in [2.45, 2.75) is 56.4 Å². The summed E-state index contributed by atoms with van der Waals surface area (Å²) < 4.78 is 12.2. The normalized spacial score (nSPS) is 11.0. The van der Waals surface area contributed by atoms with Gasteiger partial charge in [0, 0.05) is 6.61 Å². The number of ether oxygens (including phenoxy) is 2. The molecule has 0 aromatic heterocycles. The molecule has 0 bridgehead atoms. The van der Waals surface area contributed by atoms with E-state index in [-0.39, 0.29) is 16.5 Å². The topological polar surface area (TPSA) is 18.5 Å². The van der Waals surface area contributed by atoms with Gasteiger partial charge in [0.1, 0.15) is 6.79 Å². The lowest BCUT2D eigenvalue weighted by Gasteiger charge is -2.04. The molecule has 0 N–H and O–H groups in total. The first kappa shape index (κ1) is 19.2. The minimum atomic E-state index is 0.220. The second-order valence-electron chi connectivity index (χ2n) is 4.44. The predicted octanol–water partition coefficient (Wildman–Crippen LogP) is 4.76. The Labute approximate surface area is 132 Å². The smallest absolute Gasteiger partial charge is 0.355 e. The molecule has 0 heterocycles. The van der Waals surface area contributed by atoms with Gasteiger partial charge < -0.3 is 28.3 Å². The maximum atomic E-state index is 5.42. The van der Waals surface area contributed by atoms with Gasteiger partial charge in [0.15, 0.2) is 0 Å². The van der Waals surface area contributed by atoms with Gasteiger partial charge in [-0.1, -0.05) is 51.2 Å². The van der Waals surface area contributed by atoms with Crippen molar-refractivity contribution in [3.8, 4) is 0 Å². The fourth-order valence-electron chi connectivity index (χ4n) is 1.57. The van der Waals surface area contributed by atoms with Crippen molar-refractivity contribution in [3.05, 3.63) is 12.2 Å². The molecular formula is C14H27IMgO2. The second kappa shape index (κ2) is 18.2. The minimum absolute atomic E-state index is 0.220. The highest BCUT2D eigenvalue weighted by atomic mass is 127. The molecule has 0 spiro atoms. The van der Waals surface area contributed by atoms with Crippen LogP contribution in [0.5, 0.6) is 0 Å². The van der Waals surface area contributed by atoms with Crippen LogP contribution in [0.15, 0.2) is 12.2 Å². The molecule has 0 amide bonds. The molecule has 0 unspecified atom stereocenters. The monoisotopic (exact) mass is 378 g/mol. The summed E-state index contributed by atoms with van der Waals surface area (Å²) in [6, 6.07) is 0. The van der Waals surface area contributed by atoms with Crippen molar-refractivity contribution < 1.29 is 9.47 Å². The lowest BCUT2D eigenvalue weighted by Crippen LogP contribution is -2.02. The summed E-state index contributed by atoms with van der Waals surface area (Å²) in [4.78, 5) is 0. The molecule has 18 heavy (non-hydrogen) atoms. The summed E-state index contributed by atoms with van der Waals surface area (Å²) in [5.41, 5.74) is 0.